The fourth-order valence-corrected chi connectivity index (χ4v) is 5.23. The molecule has 3 aromatic rings. The summed E-state index contributed by atoms with van der Waals surface area (Å²) in [5.41, 5.74) is 3.67. The van der Waals surface area contributed by atoms with Crippen LogP contribution in [0, 0.1) is 13.8 Å². The number of carbonyl (C=O) groups is 1. The Labute approximate surface area is 204 Å². The normalized spacial score (nSPS) is 14.3. The highest BCUT2D eigenvalue weighted by atomic mass is 32.1. The van der Waals surface area contributed by atoms with Crippen molar-refractivity contribution >= 4 is 32.6 Å². The van der Waals surface area contributed by atoms with Crippen LogP contribution < -0.4 is 19.1 Å². The smallest absolute Gasteiger partial charge is 0.260 e. The Kier molecular flexibility index (Phi) is 7.55. The third kappa shape index (κ3) is 4.96. The second-order valence-electron chi connectivity index (χ2n) is 8.25. The van der Waals surface area contributed by atoms with Crippen molar-refractivity contribution in [3.05, 3.63) is 41.0 Å². The van der Waals surface area contributed by atoms with Gasteiger partial charge in [0, 0.05) is 31.7 Å². The lowest BCUT2D eigenvalue weighted by atomic mass is 10.1. The Hall–Kier alpha value is -2.88. The first-order valence-corrected chi connectivity index (χ1v) is 12.1. The number of nitrogens with zero attached hydrogens (tertiary/aromatic N) is 3. The summed E-state index contributed by atoms with van der Waals surface area (Å²) < 4.78 is 22.9. The van der Waals surface area contributed by atoms with Crippen LogP contribution in [0.2, 0.25) is 0 Å². The minimum Gasteiger partial charge on any atom is -0.493 e. The predicted molar refractivity (Wildman–Crippen MR) is 134 cm³/mol. The van der Waals surface area contributed by atoms with E-state index >= 15 is 0 Å². The first-order valence-electron chi connectivity index (χ1n) is 11.2. The van der Waals surface area contributed by atoms with Crippen molar-refractivity contribution in [3.8, 4) is 17.2 Å². The van der Waals surface area contributed by atoms with Crippen LogP contribution in [-0.4, -0.2) is 76.5 Å². The largest absolute Gasteiger partial charge is 0.493 e. The highest BCUT2D eigenvalue weighted by Gasteiger charge is 2.26. The van der Waals surface area contributed by atoms with E-state index in [2.05, 4.69) is 30.9 Å². The molecule has 9 heteroatoms. The lowest BCUT2D eigenvalue weighted by Gasteiger charge is -2.29. The maximum absolute atomic E-state index is 13.9. The van der Waals surface area contributed by atoms with Gasteiger partial charge < -0.3 is 18.9 Å². The third-order valence-electron chi connectivity index (χ3n) is 5.94. The number of thiazole rings is 1. The Morgan fingerprint density at radius 2 is 1.74 bits per heavy atom. The van der Waals surface area contributed by atoms with Crippen LogP contribution in [0.25, 0.3) is 10.2 Å². The van der Waals surface area contributed by atoms with Crippen LogP contribution in [0.3, 0.4) is 0 Å². The van der Waals surface area contributed by atoms with E-state index in [1.165, 1.54) is 0 Å². The van der Waals surface area contributed by atoms with Crippen molar-refractivity contribution in [3.63, 3.8) is 0 Å². The summed E-state index contributed by atoms with van der Waals surface area (Å²) in [6.45, 7) is 8.50. The number of hydrogen-bond acceptors (Lipinski definition) is 8. The summed E-state index contributed by atoms with van der Waals surface area (Å²) in [6, 6.07) is 7.58. The number of aromatic nitrogens is 1. The van der Waals surface area contributed by atoms with Gasteiger partial charge in [0.15, 0.2) is 16.6 Å². The highest BCUT2D eigenvalue weighted by Crippen LogP contribution is 2.39. The molecule has 2 heterocycles. The van der Waals surface area contributed by atoms with Crippen molar-refractivity contribution in [2.24, 2.45) is 0 Å². The van der Waals surface area contributed by atoms with Gasteiger partial charge in [0.2, 0.25) is 5.75 Å². The second kappa shape index (κ2) is 10.6. The number of rotatable bonds is 8. The van der Waals surface area contributed by atoms with E-state index < -0.39 is 0 Å². The lowest BCUT2D eigenvalue weighted by molar-refractivity contribution is 0.0391. The molecule has 182 valence electrons. The molecular weight excluding hydrogens is 454 g/mol. The van der Waals surface area contributed by atoms with Crippen LogP contribution >= 0.6 is 11.3 Å². The molecular formula is C25H31N3O5S. The Morgan fingerprint density at radius 3 is 2.35 bits per heavy atom. The van der Waals surface area contributed by atoms with Gasteiger partial charge in [-0.15, -0.1) is 0 Å². The number of benzene rings is 2. The molecule has 4 rings (SSSR count). The molecule has 1 amide bonds. The average molecular weight is 486 g/mol. The van der Waals surface area contributed by atoms with E-state index in [-0.39, 0.29) is 5.91 Å². The van der Waals surface area contributed by atoms with Gasteiger partial charge in [0.1, 0.15) is 0 Å². The minimum absolute atomic E-state index is 0.166. The molecule has 1 aliphatic rings. The van der Waals surface area contributed by atoms with Gasteiger partial charge in [0.25, 0.3) is 5.91 Å². The number of fused-ring (bicyclic) bond motifs is 1. The lowest BCUT2D eigenvalue weighted by Crippen LogP contribution is -2.43. The fourth-order valence-electron chi connectivity index (χ4n) is 4.19. The van der Waals surface area contributed by atoms with E-state index in [4.69, 9.17) is 23.9 Å². The number of ether oxygens (including phenoxy) is 4. The van der Waals surface area contributed by atoms with Crippen LogP contribution in [0.4, 0.5) is 5.13 Å². The van der Waals surface area contributed by atoms with Crippen molar-refractivity contribution in [1.29, 1.82) is 0 Å². The standard InChI is InChI=1S/C25H31N3O5S/c1-16-12-17(2)23-19(13-16)26-25(34-23)28(7-6-27-8-10-33-11-9-27)24(29)18-14-20(30-3)22(32-5)21(15-18)31-4/h12-15H,6-11H2,1-5H3. The number of aryl methyl sites for hydroxylation is 2. The van der Waals surface area contributed by atoms with Crippen molar-refractivity contribution in [2.75, 3.05) is 65.6 Å². The van der Waals surface area contributed by atoms with Crippen LogP contribution in [0.5, 0.6) is 17.2 Å². The van der Waals surface area contributed by atoms with Gasteiger partial charge in [-0.1, -0.05) is 17.4 Å². The van der Waals surface area contributed by atoms with Gasteiger partial charge >= 0.3 is 0 Å². The predicted octanol–water partition coefficient (Wildman–Crippen LogP) is 3.92. The molecule has 1 aliphatic heterocycles. The number of anilines is 1. The monoisotopic (exact) mass is 485 g/mol. The molecule has 0 radical (unpaired) electrons. The number of hydrogen-bond donors (Lipinski definition) is 0. The Morgan fingerprint density at radius 1 is 1.06 bits per heavy atom. The van der Waals surface area contributed by atoms with Crippen molar-refractivity contribution < 1.29 is 23.7 Å². The summed E-state index contributed by atoms with van der Waals surface area (Å²) in [5.74, 6) is 1.16. The number of methoxy groups -OCH3 is 3. The molecule has 0 N–H and O–H groups in total. The van der Waals surface area contributed by atoms with E-state index in [0.717, 1.165) is 41.0 Å². The first-order chi connectivity index (χ1) is 16.4. The third-order valence-corrected chi connectivity index (χ3v) is 7.17. The maximum atomic E-state index is 13.9. The zero-order valence-corrected chi connectivity index (χ0v) is 21.2. The van der Waals surface area contributed by atoms with Gasteiger partial charge in [0.05, 0.1) is 44.8 Å². The van der Waals surface area contributed by atoms with E-state index in [0.29, 0.717) is 47.7 Å². The summed E-state index contributed by atoms with van der Waals surface area (Å²) in [6.07, 6.45) is 0. The number of amides is 1. The average Bonchev–Trinajstić information content (AvgIpc) is 3.27. The molecule has 0 unspecified atom stereocenters. The van der Waals surface area contributed by atoms with Crippen LogP contribution in [0.1, 0.15) is 21.5 Å². The van der Waals surface area contributed by atoms with Crippen LogP contribution in [0.15, 0.2) is 24.3 Å². The van der Waals surface area contributed by atoms with E-state index in [1.807, 2.05) is 0 Å². The SMILES string of the molecule is COc1cc(C(=O)N(CCN2CCOCC2)c2nc3cc(C)cc(C)c3s2)cc(OC)c1OC. The number of carbonyl (C=O) groups excluding carboxylic acids is 1. The van der Waals surface area contributed by atoms with Gasteiger partial charge in [-0.05, 0) is 43.2 Å². The fraction of sp³-hybridized carbons (Fsp3) is 0.440. The summed E-state index contributed by atoms with van der Waals surface area (Å²) >= 11 is 1.54. The second-order valence-corrected chi connectivity index (χ2v) is 9.23. The molecule has 2 aromatic carbocycles. The Balaban J connectivity index is 1.73. The van der Waals surface area contributed by atoms with Gasteiger partial charge in [-0.25, -0.2) is 4.98 Å². The van der Waals surface area contributed by atoms with Crippen LogP contribution in [-0.2, 0) is 4.74 Å². The van der Waals surface area contributed by atoms with E-state index in [9.17, 15) is 4.79 Å². The molecule has 0 aliphatic carbocycles. The molecule has 34 heavy (non-hydrogen) atoms. The minimum atomic E-state index is -0.166. The molecule has 1 aromatic heterocycles. The zero-order valence-electron chi connectivity index (χ0n) is 20.3. The summed E-state index contributed by atoms with van der Waals surface area (Å²) in [5, 5.41) is 0.677. The topological polar surface area (TPSA) is 73.4 Å². The van der Waals surface area contributed by atoms with Crippen molar-refractivity contribution in [1.82, 2.24) is 9.88 Å². The highest BCUT2D eigenvalue weighted by molar-refractivity contribution is 7.22. The number of morpholine rings is 1. The molecule has 0 spiro atoms. The first kappa shape index (κ1) is 24.3. The van der Waals surface area contributed by atoms with Gasteiger partial charge in [-0.3, -0.25) is 14.6 Å². The molecule has 0 bridgehead atoms. The summed E-state index contributed by atoms with van der Waals surface area (Å²) in [7, 11) is 4.63. The van der Waals surface area contributed by atoms with E-state index in [1.54, 1.807) is 49.7 Å². The zero-order chi connectivity index (χ0) is 24.2. The molecule has 0 atom stereocenters. The maximum Gasteiger partial charge on any atom is 0.260 e. The van der Waals surface area contributed by atoms with Crippen molar-refractivity contribution in [2.45, 2.75) is 13.8 Å². The summed E-state index contributed by atoms with van der Waals surface area (Å²) in [4.78, 5) is 22.8. The molecule has 0 saturated carbocycles. The Bertz CT molecular complexity index is 1150. The molecule has 8 nitrogen and oxygen atoms in total. The van der Waals surface area contributed by atoms with Gasteiger partial charge in [-0.2, -0.15) is 0 Å². The molecule has 1 fully saturated rings. The quantitative estimate of drug-likeness (QED) is 0.479. The molecule has 1 saturated heterocycles.